The quantitative estimate of drug-likeness (QED) is 0.819. The number of fused-ring (bicyclic) bond motifs is 1. The van der Waals surface area contributed by atoms with Crippen LogP contribution in [0, 0.1) is 0 Å². The number of alkyl halides is 3. The van der Waals surface area contributed by atoms with Crippen molar-refractivity contribution in [1.82, 2.24) is 5.32 Å². The first kappa shape index (κ1) is 19.5. The van der Waals surface area contributed by atoms with Crippen molar-refractivity contribution in [1.29, 1.82) is 0 Å². The zero-order valence-corrected chi connectivity index (χ0v) is 14.9. The Labute approximate surface area is 159 Å². The molecule has 1 atom stereocenters. The summed E-state index contributed by atoms with van der Waals surface area (Å²) in [6.07, 6.45) is -2.59. The molecule has 0 saturated heterocycles. The first-order chi connectivity index (χ1) is 13.3. The number of likely N-dealkylation sites (N-methyl/N-ethyl adjacent to an activating group) is 1. The molecule has 2 aromatic rings. The number of carbonyl (C=O) groups excluding carboxylic acids is 2. The Morgan fingerprint density at radius 2 is 1.82 bits per heavy atom. The summed E-state index contributed by atoms with van der Waals surface area (Å²) in [6, 6.07) is 11.3. The molecule has 0 aliphatic carbocycles. The molecule has 0 aromatic heterocycles. The molecule has 1 aliphatic heterocycles. The van der Waals surface area contributed by atoms with Gasteiger partial charge in [0.05, 0.1) is 17.8 Å². The number of benzene rings is 2. The van der Waals surface area contributed by atoms with Crippen molar-refractivity contribution in [3.8, 4) is 5.75 Å². The van der Waals surface area contributed by atoms with E-state index in [1.165, 1.54) is 36.2 Å². The summed E-state index contributed by atoms with van der Waals surface area (Å²) in [7, 11) is 1.48. The fourth-order valence-electron chi connectivity index (χ4n) is 2.78. The van der Waals surface area contributed by atoms with Crippen LogP contribution in [0.5, 0.6) is 5.75 Å². The third-order valence-electron chi connectivity index (χ3n) is 4.23. The standard InChI is InChI=1S/C20H17F3N2O3/c1-24-19(27)17-12-25(15-4-2-3-5-16(15)28-17)18(26)11-8-13-6-9-14(10-7-13)20(21,22)23/h2-11,17H,12H2,1H3,(H,24,27)/b11-8+/t17-/m1/s1. The van der Waals surface area contributed by atoms with Gasteiger partial charge in [-0.3, -0.25) is 9.59 Å². The number of rotatable bonds is 3. The highest BCUT2D eigenvalue weighted by Gasteiger charge is 2.32. The molecule has 28 heavy (non-hydrogen) atoms. The zero-order valence-electron chi connectivity index (χ0n) is 14.9. The molecule has 0 radical (unpaired) electrons. The first-order valence-electron chi connectivity index (χ1n) is 8.43. The normalized spacial score (nSPS) is 16.4. The Balaban J connectivity index is 1.81. The van der Waals surface area contributed by atoms with Gasteiger partial charge in [0.1, 0.15) is 5.75 Å². The van der Waals surface area contributed by atoms with Crippen LogP contribution in [0.25, 0.3) is 6.08 Å². The van der Waals surface area contributed by atoms with Crippen LogP contribution in [0.4, 0.5) is 18.9 Å². The number of carbonyl (C=O) groups is 2. The van der Waals surface area contributed by atoms with Gasteiger partial charge in [0.25, 0.3) is 11.8 Å². The van der Waals surface area contributed by atoms with Crippen molar-refractivity contribution in [2.75, 3.05) is 18.5 Å². The molecule has 146 valence electrons. The van der Waals surface area contributed by atoms with E-state index in [1.54, 1.807) is 24.3 Å². The fraction of sp³-hybridized carbons (Fsp3) is 0.200. The number of hydrogen-bond donors (Lipinski definition) is 1. The summed E-state index contributed by atoms with van der Waals surface area (Å²) in [6.45, 7) is 0.0207. The SMILES string of the molecule is CNC(=O)[C@H]1CN(C(=O)/C=C/c2ccc(C(F)(F)F)cc2)c2ccccc2O1. The maximum absolute atomic E-state index is 12.7. The third kappa shape index (κ3) is 4.16. The van der Waals surface area contributed by atoms with Crippen LogP contribution in [-0.4, -0.2) is 31.5 Å². The Hall–Kier alpha value is -3.29. The minimum atomic E-state index is -4.41. The van der Waals surface area contributed by atoms with Gasteiger partial charge in [0, 0.05) is 13.1 Å². The molecule has 0 spiro atoms. The molecule has 5 nitrogen and oxygen atoms in total. The second kappa shape index (κ2) is 7.75. The molecule has 1 N–H and O–H groups in total. The van der Waals surface area contributed by atoms with Crippen LogP contribution in [0.1, 0.15) is 11.1 Å². The van der Waals surface area contributed by atoms with E-state index in [2.05, 4.69) is 5.32 Å². The number of nitrogens with one attached hydrogen (secondary N) is 1. The van der Waals surface area contributed by atoms with Crippen LogP contribution < -0.4 is 15.0 Å². The third-order valence-corrected chi connectivity index (χ3v) is 4.23. The maximum Gasteiger partial charge on any atom is 0.416 e. The van der Waals surface area contributed by atoms with Crippen molar-refractivity contribution >= 4 is 23.6 Å². The van der Waals surface area contributed by atoms with Gasteiger partial charge in [-0.2, -0.15) is 13.2 Å². The van der Waals surface area contributed by atoms with E-state index in [9.17, 15) is 22.8 Å². The van der Waals surface area contributed by atoms with E-state index >= 15 is 0 Å². The van der Waals surface area contributed by atoms with E-state index in [0.29, 0.717) is 17.0 Å². The highest BCUT2D eigenvalue weighted by Crippen LogP contribution is 2.33. The lowest BCUT2D eigenvalue weighted by molar-refractivity contribution is -0.137. The summed E-state index contributed by atoms with van der Waals surface area (Å²) in [5.74, 6) is -0.373. The van der Waals surface area contributed by atoms with Gasteiger partial charge < -0.3 is 15.0 Å². The van der Waals surface area contributed by atoms with E-state index in [4.69, 9.17) is 4.74 Å². The summed E-state index contributed by atoms with van der Waals surface area (Å²) in [5, 5.41) is 2.49. The second-order valence-corrected chi connectivity index (χ2v) is 6.09. The summed E-state index contributed by atoms with van der Waals surface area (Å²) < 4.78 is 43.5. The Morgan fingerprint density at radius 3 is 2.46 bits per heavy atom. The molecular formula is C20H17F3N2O3. The topological polar surface area (TPSA) is 58.6 Å². The van der Waals surface area contributed by atoms with Gasteiger partial charge in [-0.25, -0.2) is 0 Å². The molecule has 0 unspecified atom stereocenters. The maximum atomic E-state index is 12.7. The summed E-state index contributed by atoms with van der Waals surface area (Å²) >= 11 is 0. The van der Waals surface area contributed by atoms with Crippen molar-refractivity contribution in [3.05, 3.63) is 65.7 Å². The number of hydrogen-bond acceptors (Lipinski definition) is 3. The highest BCUT2D eigenvalue weighted by molar-refractivity contribution is 6.05. The van der Waals surface area contributed by atoms with Gasteiger partial charge in [-0.05, 0) is 35.9 Å². The van der Waals surface area contributed by atoms with Gasteiger partial charge in [-0.15, -0.1) is 0 Å². The predicted molar refractivity (Wildman–Crippen MR) is 97.8 cm³/mol. The van der Waals surface area contributed by atoms with Gasteiger partial charge in [0.15, 0.2) is 6.10 Å². The molecule has 0 fully saturated rings. The average molecular weight is 390 g/mol. The van der Waals surface area contributed by atoms with Crippen LogP contribution in [-0.2, 0) is 15.8 Å². The first-order valence-corrected chi connectivity index (χ1v) is 8.43. The van der Waals surface area contributed by atoms with Crippen molar-refractivity contribution < 1.29 is 27.5 Å². The Morgan fingerprint density at radius 1 is 1.14 bits per heavy atom. The minimum absolute atomic E-state index is 0.0207. The number of halogens is 3. The van der Waals surface area contributed by atoms with Gasteiger partial charge >= 0.3 is 6.18 Å². The van der Waals surface area contributed by atoms with E-state index in [0.717, 1.165) is 12.1 Å². The van der Waals surface area contributed by atoms with E-state index < -0.39 is 23.8 Å². The van der Waals surface area contributed by atoms with Crippen LogP contribution in [0.3, 0.4) is 0 Å². The molecule has 8 heteroatoms. The fourth-order valence-corrected chi connectivity index (χ4v) is 2.78. The number of nitrogens with zero attached hydrogens (tertiary/aromatic N) is 1. The average Bonchev–Trinajstić information content (AvgIpc) is 2.70. The highest BCUT2D eigenvalue weighted by atomic mass is 19.4. The number of anilines is 1. The number of ether oxygens (including phenoxy) is 1. The molecule has 2 amide bonds. The van der Waals surface area contributed by atoms with Gasteiger partial charge in [-0.1, -0.05) is 24.3 Å². The number of para-hydroxylation sites is 2. The van der Waals surface area contributed by atoms with Gasteiger partial charge in [0.2, 0.25) is 0 Å². The van der Waals surface area contributed by atoms with Crippen molar-refractivity contribution in [2.24, 2.45) is 0 Å². The lowest BCUT2D eigenvalue weighted by Crippen LogP contribution is -2.49. The zero-order chi connectivity index (χ0) is 20.3. The lowest BCUT2D eigenvalue weighted by Gasteiger charge is -2.33. The van der Waals surface area contributed by atoms with Crippen LogP contribution >= 0.6 is 0 Å². The Bertz CT molecular complexity index is 908. The molecule has 2 aromatic carbocycles. The monoisotopic (exact) mass is 390 g/mol. The van der Waals surface area contributed by atoms with E-state index in [1.807, 2.05) is 0 Å². The summed E-state index contributed by atoms with van der Waals surface area (Å²) in [4.78, 5) is 26.0. The largest absolute Gasteiger partial charge is 0.477 e. The molecule has 0 bridgehead atoms. The molecule has 1 aliphatic rings. The molecule has 0 saturated carbocycles. The summed E-state index contributed by atoms with van der Waals surface area (Å²) in [5.41, 5.74) is 0.210. The lowest BCUT2D eigenvalue weighted by atomic mass is 10.1. The Kier molecular flexibility index (Phi) is 5.39. The van der Waals surface area contributed by atoms with E-state index in [-0.39, 0.29) is 12.5 Å². The van der Waals surface area contributed by atoms with Crippen molar-refractivity contribution in [2.45, 2.75) is 12.3 Å². The van der Waals surface area contributed by atoms with Crippen LogP contribution in [0.15, 0.2) is 54.6 Å². The molecule has 3 rings (SSSR count). The predicted octanol–water partition coefficient (Wildman–Crippen LogP) is 3.26. The molecule has 1 heterocycles. The number of amides is 2. The van der Waals surface area contributed by atoms with Crippen LogP contribution in [0.2, 0.25) is 0 Å². The second-order valence-electron chi connectivity index (χ2n) is 6.09. The van der Waals surface area contributed by atoms with Crippen molar-refractivity contribution in [3.63, 3.8) is 0 Å². The smallest absolute Gasteiger partial charge is 0.416 e. The minimum Gasteiger partial charge on any atom is -0.477 e. The molecular weight excluding hydrogens is 373 g/mol.